The Hall–Kier alpha value is -3.51. The molecule has 2 heterocycles. The Kier molecular flexibility index (Phi) is 6.32. The van der Waals surface area contributed by atoms with Gasteiger partial charge in [-0.05, 0) is 54.8 Å². The van der Waals surface area contributed by atoms with E-state index >= 15 is 0 Å². The van der Waals surface area contributed by atoms with Crippen LogP contribution in [-0.4, -0.2) is 34.8 Å². The maximum atomic E-state index is 13.7. The molecule has 3 aromatic rings. The molecular weight excluding hydrogens is 429 g/mol. The van der Waals surface area contributed by atoms with Crippen LogP contribution in [-0.2, 0) is 16.0 Å². The van der Waals surface area contributed by atoms with Crippen LogP contribution in [0.1, 0.15) is 18.1 Å². The lowest BCUT2D eigenvalue weighted by Crippen LogP contribution is -2.36. The minimum atomic E-state index is -0.612. The second kappa shape index (κ2) is 9.32. The summed E-state index contributed by atoms with van der Waals surface area (Å²) in [6.45, 7) is 3.02. The fraction of sp³-hybridized carbons (Fsp3) is 0.160. The second-order valence-electron chi connectivity index (χ2n) is 7.32. The molecule has 0 fully saturated rings. The highest BCUT2D eigenvalue weighted by atomic mass is 35.5. The zero-order chi connectivity index (χ0) is 22.7. The summed E-state index contributed by atoms with van der Waals surface area (Å²) in [7, 11) is 0. The van der Waals surface area contributed by atoms with E-state index in [1.807, 2.05) is 42.2 Å². The van der Waals surface area contributed by atoms with Gasteiger partial charge in [-0.2, -0.15) is 0 Å². The van der Waals surface area contributed by atoms with Gasteiger partial charge in [-0.1, -0.05) is 41.9 Å². The minimum absolute atomic E-state index is 0.150. The molecule has 2 amide bonds. The van der Waals surface area contributed by atoms with Crippen LogP contribution >= 0.6 is 11.6 Å². The standard InChI is InChI=1S/C25H21ClFN3O2/c1-2-29(15-12-17-10-13-28-14-11-17)23-22(18-6-4-3-5-7-18)24(31)30(25(23)32)19-8-9-21(27)20(26)16-19/h3-11,13-14,16H,2,12,15H2,1H3. The average Bonchev–Trinajstić information content (AvgIpc) is 3.07. The molecular formula is C25H21ClFN3O2. The van der Waals surface area contributed by atoms with Crippen molar-refractivity contribution in [3.8, 4) is 0 Å². The van der Waals surface area contributed by atoms with Crippen LogP contribution in [0.3, 0.4) is 0 Å². The Morgan fingerprint density at radius 3 is 2.38 bits per heavy atom. The van der Waals surface area contributed by atoms with E-state index in [1.165, 1.54) is 12.1 Å². The number of likely N-dealkylation sites (N-methyl/N-ethyl adjacent to an activating group) is 1. The van der Waals surface area contributed by atoms with E-state index in [2.05, 4.69) is 4.98 Å². The SMILES string of the molecule is CCN(CCc1ccncc1)C1=C(c2ccccc2)C(=O)N(c2ccc(F)c(Cl)c2)C1=O. The van der Waals surface area contributed by atoms with Crippen LogP contribution in [0.5, 0.6) is 0 Å². The van der Waals surface area contributed by atoms with E-state index < -0.39 is 17.6 Å². The molecule has 0 spiro atoms. The molecule has 0 N–H and O–H groups in total. The lowest BCUT2D eigenvalue weighted by molar-refractivity contribution is -0.120. The van der Waals surface area contributed by atoms with Gasteiger partial charge in [-0.3, -0.25) is 14.6 Å². The van der Waals surface area contributed by atoms with Gasteiger partial charge in [0.1, 0.15) is 11.5 Å². The Balaban J connectivity index is 1.75. The van der Waals surface area contributed by atoms with Crippen molar-refractivity contribution in [1.29, 1.82) is 0 Å². The Morgan fingerprint density at radius 2 is 1.72 bits per heavy atom. The van der Waals surface area contributed by atoms with Crippen molar-refractivity contribution in [2.75, 3.05) is 18.0 Å². The lowest BCUT2D eigenvalue weighted by atomic mass is 10.0. The first kappa shape index (κ1) is 21.7. The smallest absolute Gasteiger partial charge is 0.282 e. The maximum absolute atomic E-state index is 13.7. The average molecular weight is 450 g/mol. The summed E-state index contributed by atoms with van der Waals surface area (Å²) < 4.78 is 13.7. The van der Waals surface area contributed by atoms with Gasteiger partial charge in [0, 0.05) is 25.5 Å². The van der Waals surface area contributed by atoms with Crippen molar-refractivity contribution < 1.29 is 14.0 Å². The number of rotatable bonds is 7. The number of pyridine rings is 1. The van der Waals surface area contributed by atoms with E-state index in [0.29, 0.717) is 36.3 Å². The molecule has 32 heavy (non-hydrogen) atoms. The first-order valence-electron chi connectivity index (χ1n) is 10.3. The summed E-state index contributed by atoms with van der Waals surface area (Å²) in [4.78, 5) is 34.1. The minimum Gasteiger partial charge on any atom is -0.366 e. The van der Waals surface area contributed by atoms with Gasteiger partial charge in [-0.15, -0.1) is 0 Å². The Labute approximate surface area is 190 Å². The first-order chi connectivity index (χ1) is 15.5. The molecule has 7 heteroatoms. The van der Waals surface area contributed by atoms with Crippen molar-refractivity contribution in [2.24, 2.45) is 0 Å². The molecule has 5 nitrogen and oxygen atoms in total. The number of benzene rings is 2. The number of aromatic nitrogens is 1. The fourth-order valence-corrected chi connectivity index (χ4v) is 3.95. The summed E-state index contributed by atoms with van der Waals surface area (Å²) in [6.07, 6.45) is 4.14. The number of imide groups is 1. The summed E-state index contributed by atoms with van der Waals surface area (Å²) in [6, 6.07) is 16.8. The van der Waals surface area contributed by atoms with E-state index in [9.17, 15) is 14.0 Å². The molecule has 0 radical (unpaired) electrons. The highest BCUT2D eigenvalue weighted by Gasteiger charge is 2.42. The number of hydrogen-bond acceptors (Lipinski definition) is 4. The largest absolute Gasteiger partial charge is 0.366 e. The van der Waals surface area contributed by atoms with Crippen LogP contribution in [0.2, 0.25) is 5.02 Å². The van der Waals surface area contributed by atoms with Crippen LogP contribution in [0, 0.1) is 5.82 Å². The second-order valence-corrected chi connectivity index (χ2v) is 7.73. The predicted octanol–water partition coefficient (Wildman–Crippen LogP) is 4.72. The summed E-state index contributed by atoms with van der Waals surface area (Å²) in [5.74, 6) is -1.52. The van der Waals surface area contributed by atoms with Crippen LogP contribution in [0.25, 0.3) is 5.57 Å². The molecule has 2 aromatic carbocycles. The number of anilines is 1. The van der Waals surface area contributed by atoms with Crippen molar-refractivity contribution in [3.63, 3.8) is 0 Å². The predicted molar refractivity (Wildman–Crippen MR) is 122 cm³/mol. The molecule has 1 aliphatic rings. The van der Waals surface area contributed by atoms with Crippen molar-refractivity contribution in [2.45, 2.75) is 13.3 Å². The van der Waals surface area contributed by atoms with Crippen LogP contribution in [0.4, 0.5) is 10.1 Å². The number of halogens is 2. The molecule has 4 rings (SSSR count). The number of carbonyl (C=O) groups is 2. The summed E-state index contributed by atoms with van der Waals surface area (Å²) >= 11 is 5.93. The van der Waals surface area contributed by atoms with Crippen molar-refractivity contribution >= 4 is 34.7 Å². The number of nitrogens with zero attached hydrogens (tertiary/aromatic N) is 3. The molecule has 0 saturated carbocycles. The number of hydrogen-bond donors (Lipinski definition) is 0. The first-order valence-corrected chi connectivity index (χ1v) is 10.7. The van der Waals surface area contributed by atoms with Gasteiger partial charge in [-0.25, -0.2) is 9.29 Å². The topological polar surface area (TPSA) is 53.5 Å². The fourth-order valence-electron chi connectivity index (χ4n) is 3.78. The van der Waals surface area contributed by atoms with Crippen molar-refractivity contribution in [3.05, 3.63) is 101 Å². The highest BCUT2D eigenvalue weighted by Crippen LogP contribution is 2.36. The molecule has 0 saturated heterocycles. The molecule has 0 aliphatic carbocycles. The van der Waals surface area contributed by atoms with Gasteiger partial charge < -0.3 is 4.90 Å². The summed E-state index contributed by atoms with van der Waals surface area (Å²) in [5.41, 5.74) is 2.63. The van der Waals surface area contributed by atoms with E-state index in [0.717, 1.165) is 16.5 Å². The van der Waals surface area contributed by atoms with E-state index in [4.69, 9.17) is 11.6 Å². The van der Waals surface area contributed by atoms with Crippen LogP contribution in [0.15, 0.2) is 78.8 Å². The highest BCUT2D eigenvalue weighted by molar-refractivity contribution is 6.45. The molecule has 1 aliphatic heterocycles. The third-order valence-corrected chi connectivity index (χ3v) is 5.69. The molecule has 0 atom stereocenters. The normalized spacial score (nSPS) is 13.8. The lowest BCUT2D eigenvalue weighted by Gasteiger charge is -2.25. The quantitative estimate of drug-likeness (QED) is 0.490. The number of amides is 2. The monoisotopic (exact) mass is 449 g/mol. The van der Waals surface area contributed by atoms with Gasteiger partial charge in [0.2, 0.25) is 0 Å². The molecule has 0 unspecified atom stereocenters. The van der Waals surface area contributed by atoms with Gasteiger partial charge in [0.05, 0.1) is 16.3 Å². The molecule has 162 valence electrons. The Morgan fingerprint density at radius 1 is 1.00 bits per heavy atom. The zero-order valence-corrected chi connectivity index (χ0v) is 18.2. The van der Waals surface area contributed by atoms with Gasteiger partial charge in [0.25, 0.3) is 11.8 Å². The van der Waals surface area contributed by atoms with E-state index in [1.54, 1.807) is 24.5 Å². The molecule has 0 bridgehead atoms. The Bertz CT molecular complexity index is 1180. The van der Waals surface area contributed by atoms with Gasteiger partial charge >= 0.3 is 0 Å². The van der Waals surface area contributed by atoms with Gasteiger partial charge in [0.15, 0.2) is 0 Å². The van der Waals surface area contributed by atoms with E-state index in [-0.39, 0.29) is 10.7 Å². The summed E-state index contributed by atoms with van der Waals surface area (Å²) in [5, 5.41) is -0.150. The molecule has 1 aromatic heterocycles. The number of carbonyl (C=O) groups excluding carboxylic acids is 2. The third kappa shape index (κ3) is 4.14. The van der Waals surface area contributed by atoms with Crippen LogP contribution < -0.4 is 4.90 Å². The third-order valence-electron chi connectivity index (χ3n) is 5.40. The maximum Gasteiger partial charge on any atom is 0.282 e. The van der Waals surface area contributed by atoms with Crippen molar-refractivity contribution in [1.82, 2.24) is 9.88 Å². The zero-order valence-electron chi connectivity index (χ0n) is 17.5.